The van der Waals surface area contributed by atoms with Gasteiger partial charge in [-0.3, -0.25) is 9.52 Å². The first kappa shape index (κ1) is 21.3. The average Bonchev–Trinajstić information content (AvgIpc) is 2.69. The second-order valence-electron chi connectivity index (χ2n) is 6.97. The zero-order valence-electron chi connectivity index (χ0n) is 17.2. The number of ketones is 1. The van der Waals surface area contributed by atoms with E-state index in [1.807, 2.05) is 32.0 Å². The summed E-state index contributed by atoms with van der Waals surface area (Å²) < 4.78 is 27.7. The van der Waals surface area contributed by atoms with Gasteiger partial charge in [0, 0.05) is 42.8 Å². The van der Waals surface area contributed by atoms with Crippen molar-refractivity contribution in [2.45, 2.75) is 18.7 Å². The van der Waals surface area contributed by atoms with Crippen LogP contribution in [0.1, 0.15) is 23.0 Å². The van der Waals surface area contributed by atoms with Gasteiger partial charge in [-0.05, 0) is 50.2 Å². The third-order valence-electron chi connectivity index (χ3n) is 4.26. The van der Waals surface area contributed by atoms with Gasteiger partial charge in [-0.25, -0.2) is 13.4 Å². The lowest BCUT2D eigenvalue weighted by Crippen LogP contribution is -2.13. The summed E-state index contributed by atoms with van der Waals surface area (Å²) >= 11 is 0. The lowest BCUT2D eigenvalue weighted by atomic mass is 10.2. The van der Waals surface area contributed by atoms with Gasteiger partial charge in [-0.15, -0.1) is 0 Å². The zero-order chi connectivity index (χ0) is 21.9. The van der Waals surface area contributed by atoms with E-state index >= 15 is 0 Å². The zero-order valence-corrected chi connectivity index (χ0v) is 18.0. The van der Waals surface area contributed by atoms with Gasteiger partial charge in [0.2, 0.25) is 5.95 Å². The van der Waals surface area contributed by atoms with E-state index in [1.54, 1.807) is 24.3 Å². The molecule has 0 unspecified atom stereocenters. The molecule has 30 heavy (non-hydrogen) atoms. The Hall–Kier alpha value is -3.46. The first-order valence-corrected chi connectivity index (χ1v) is 10.7. The third kappa shape index (κ3) is 5.12. The molecule has 0 saturated carbocycles. The maximum atomic E-state index is 12.6. The van der Waals surface area contributed by atoms with E-state index in [0.29, 0.717) is 17.2 Å². The van der Waals surface area contributed by atoms with Gasteiger partial charge in [-0.2, -0.15) is 4.98 Å². The monoisotopic (exact) mass is 425 g/mol. The number of Topliss-reactive ketones (excluding diaryl/α,β-unsaturated/α-hetero) is 1. The highest BCUT2D eigenvalue weighted by Gasteiger charge is 2.14. The molecule has 2 N–H and O–H groups in total. The molecule has 3 aromatic rings. The Bertz CT molecular complexity index is 1160. The molecule has 0 spiro atoms. The van der Waals surface area contributed by atoms with Gasteiger partial charge in [0.05, 0.1) is 4.90 Å². The number of hydrogen-bond donors (Lipinski definition) is 2. The molecule has 1 heterocycles. The molecule has 0 bridgehead atoms. The first-order chi connectivity index (χ1) is 14.1. The van der Waals surface area contributed by atoms with Crippen LogP contribution in [0.4, 0.5) is 23.1 Å². The standard InChI is InChI=1S/C21H23N5O3S/c1-14-13-20(26(3)4)24-21(22-14)23-17-7-9-18(10-8-17)25-30(28,29)19-11-5-16(6-12-19)15(2)27/h5-13,25H,1-4H3,(H,22,23,24). The first-order valence-electron chi connectivity index (χ1n) is 9.18. The summed E-state index contributed by atoms with van der Waals surface area (Å²) in [6.07, 6.45) is 0. The molecule has 0 atom stereocenters. The van der Waals surface area contributed by atoms with E-state index in [-0.39, 0.29) is 10.7 Å². The Morgan fingerprint density at radius 1 is 0.933 bits per heavy atom. The lowest BCUT2D eigenvalue weighted by Gasteiger charge is -2.14. The highest BCUT2D eigenvalue weighted by atomic mass is 32.2. The van der Waals surface area contributed by atoms with Gasteiger partial charge in [0.25, 0.3) is 10.0 Å². The molecule has 9 heteroatoms. The van der Waals surface area contributed by atoms with E-state index in [0.717, 1.165) is 17.2 Å². The smallest absolute Gasteiger partial charge is 0.261 e. The van der Waals surface area contributed by atoms with Crippen LogP contribution in [0, 0.1) is 6.92 Å². The predicted molar refractivity (Wildman–Crippen MR) is 118 cm³/mol. The fraction of sp³-hybridized carbons (Fsp3) is 0.190. The van der Waals surface area contributed by atoms with Crippen molar-refractivity contribution >= 4 is 38.9 Å². The quantitative estimate of drug-likeness (QED) is 0.557. The van der Waals surface area contributed by atoms with Crippen molar-refractivity contribution in [2.24, 2.45) is 0 Å². The minimum absolute atomic E-state index is 0.0825. The van der Waals surface area contributed by atoms with E-state index in [4.69, 9.17) is 0 Å². The van der Waals surface area contributed by atoms with E-state index < -0.39 is 10.0 Å². The molecule has 0 fully saturated rings. The van der Waals surface area contributed by atoms with E-state index in [2.05, 4.69) is 20.0 Å². The number of benzene rings is 2. The Morgan fingerprint density at radius 3 is 2.10 bits per heavy atom. The molecule has 1 aromatic heterocycles. The summed E-state index contributed by atoms with van der Waals surface area (Å²) in [5.74, 6) is 1.12. The topological polar surface area (TPSA) is 104 Å². The summed E-state index contributed by atoms with van der Waals surface area (Å²) in [5, 5.41) is 3.12. The Labute approximate surface area is 176 Å². The number of carbonyl (C=O) groups excluding carboxylic acids is 1. The normalized spacial score (nSPS) is 11.1. The maximum absolute atomic E-state index is 12.6. The molecule has 0 aliphatic rings. The minimum atomic E-state index is -3.76. The summed E-state index contributed by atoms with van der Waals surface area (Å²) in [4.78, 5) is 22.1. The Kier molecular flexibility index (Phi) is 6.02. The van der Waals surface area contributed by atoms with Gasteiger partial charge < -0.3 is 10.2 Å². The van der Waals surface area contributed by atoms with Crippen molar-refractivity contribution in [3.63, 3.8) is 0 Å². The third-order valence-corrected chi connectivity index (χ3v) is 5.66. The van der Waals surface area contributed by atoms with Crippen molar-refractivity contribution in [3.05, 3.63) is 65.9 Å². The Balaban J connectivity index is 1.73. The van der Waals surface area contributed by atoms with Crippen LogP contribution in [0.5, 0.6) is 0 Å². The summed E-state index contributed by atoms with van der Waals surface area (Å²) in [6, 6.07) is 14.4. The highest BCUT2D eigenvalue weighted by molar-refractivity contribution is 7.92. The van der Waals surface area contributed by atoms with E-state index in [9.17, 15) is 13.2 Å². The number of nitrogens with zero attached hydrogens (tertiary/aromatic N) is 3. The number of nitrogens with one attached hydrogen (secondary N) is 2. The number of sulfonamides is 1. The van der Waals surface area contributed by atoms with E-state index in [1.165, 1.54) is 31.2 Å². The molecule has 0 amide bonds. The minimum Gasteiger partial charge on any atom is -0.363 e. The van der Waals surface area contributed by atoms with Crippen molar-refractivity contribution in [1.82, 2.24) is 9.97 Å². The molecule has 2 aromatic carbocycles. The number of aromatic nitrogens is 2. The molecule has 0 radical (unpaired) electrons. The van der Waals surface area contributed by atoms with Crippen LogP contribution < -0.4 is 14.9 Å². The average molecular weight is 426 g/mol. The van der Waals surface area contributed by atoms with Crippen molar-refractivity contribution in [1.29, 1.82) is 0 Å². The van der Waals surface area contributed by atoms with Gasteiger partial charge in [0.15, 0.2) is 5.78 Å². The van der Waals surface area contributed by atoms with Gasteiger partial charge in [0.1, 0.15) is 5.82 Å². The van der Waals surface area contributed by atoms with Crippen LogP contribution in [-0.4, -0.2) is 38.3 Å². The highest BCUT2D eigenvalue weighted by Crippen LogP contribution is 2.21. The number of anilines is 4. The summed E-state index contributed by atoms with van der Waals surface area (Å²) in [7, 11) is 0.0456. The molecular weight excluding hydrogens is 402 g/mol. The predicted octanol–water partition coefficient (Wildman–Crippen LogP) is 3.60. The number of rotatable bonds is 7. The van der Waals surface area contributed by atoms with Crippen LogP contribution in [-0.2, 0) is 10.0 Å². The van der Waals surface area contributed by atoms with Crippen molar-refractivity contribution in [3.8, 4) is 0 Å². The van der Waals surface area contributed by atoms with Crippen LogP contribution in [0.3, 0.4) is 0 Å². The molecule has 3 rings (SSSR count). The van der Waals surface area contributed by atoms with Gasteiger partial charge >= 0.3 is 0 Å². The number of carbonyl (C=O) groups is 1. The molecule has 0 aliphatic carbocycles. The van der Waals surface area contributed by atoms with Gasteiger partial charge in [-0.1, -0.05) is 12.1 Å². The van der Waals surface area contributed by atoms with Crippen LogP contribution in [0.15, 0.2) is 59.5 Å². The second kappa shape index (κ2) is 8.50. The van der Waals surface area contributed by atoms with Crippen LogP contribution in [0.25, 0.3) is 0 Å². The van der Waals surface area contributed by atoms with Crippen molar-refractivity contribution < 1.29 is 13.2 Å². The lowest BCUT2D eigenvalue weighted by molar-refractivity contribution is 0.101. The number of hydrogen-bond acceptors (Lipinski definition) is 7. The molecule has 0 saturated heterocycles. The molecule has 0 aliphatic heterocycles. The molecular formula is C21H23N5O3S. The van der Waals surface area contributed by atoms with Crippen molar-refractivity contribution in [2.75, 3.05) is 29.0 Å². The number of aryl methyl sites for hydroxylation is 1. The van der Waals surface area contributed by atoms with Crippen LogP contribution in [0.2, 0.25) is 0 Å². The fourth-order valence-electron chi connectivity index (χ4n) is 2.67. The molecule has 8 nitrogen and oxygen atoms in total. The largest absolute Gasteiger partial charge is 0.363 e. The Morgan fingerprint density at radius 2 is 1.53 bits per heavy atom. The summed E-state index contributed by atoms with van der Waals surface area (Å²) in [6.45, 7) is 3.32. The second-order valence-corrected chi connectivity index (χ2v) is 8.66. The SMILES string of the molecule is CC(=O)c1ccc(S(=O)(=O)Nc2ccc(Nc3nc(C)cc(N(C)C)n3)cc2)cc1. The summed E-state index contributed by atoms with van der Waals surface area (Å²) in [5.41, 5.74) is 2.42. The molecule has 156 valence electrons. The van der Waals surface area contributed by atoms with Crippen LogP contribution >= 0.6 is 0 Å². The fourth-order valence-corrected chi connectivity index (χ4v) is 3.73. The maximum Gasteiger partial charge on any atom is 0.261 e.